The van der Waals surface area contributed by atoms with Gasteiger partial charge in [0.05, 0.1) is 0 Å². The number of anilines is 2. The first-order chi connectivity index (χ1) is 13.6. The van der Waals surface area contributed by atoms with E-state index in [9.17, 15) is 9.59 Å². The molecule has 3 N–H and O–H groups in total. The summed E-state index contributed by atoms with van der Waals surface area (Å²) in [6.45, 7) is 1.80. The van der Waals surface area contributed by atoms with Crippen molar-refractivity contribution in [1.82, 2.24) is 5.32 Å². The van der Waals surface area contributed by atoms with Crippen LogP contribution in [-0.2, 0) is 4.79 Å². The van der Waals surface area contributed by atoms with Crippen molar-refractivity contribution < 1.29 is 9.59 Å². The van der Waals surface area contributed by atoms with Gasteiger partial charge in [0.1, 0.15) is 6.04 Å². The van der Waals surface area contributed by atoms with E-state index >= 15 is 0 Å². The normalized spacial score (nSPS) is 14.3. The standard InChI is InChI=1S/C23H23N3O2/c1-15(22(27)26-21-10-9-16-5-2-3-6-17(16)13-21)24-20-8-4-7-18(14-20)23(28)25-19-11-12-19/h2-10,13-15,19,24H,11-12H2,1H3,(H,25,28)(H,26,27)/t15-/m0/s1. The van der Waals surface area contributed by atoms with Gasteiger partial charge in [-0.3, -0.25) is 9.59 Å². The van der Waals surface area contributed by atoms with Crippen molar-refractivity contribution in [2.45, 2.75) is 31.8 Å². The summed E-state index contributed by atoms with van der Waals surface area (Å²) in [5.74, 6) is -0.206. The van der Waals surface area contributed by atoms with Crippen LogP contribution in [0.3, 0.4) is 0 Å². The Hall–Kier alpha value is -3.34. The van der Waals surface area contributed by atoms with Gasteiger partial charge in [0.15, 0.2) is 0 Å². The summed E-state index contributed by atoms with van der Waals surface area (Å²) in [5.41, 5.74) is 2.10. The van der Waals surface area contributed by atoms with E-state index in [1.54, 1.807) is 19.1 Å². The second-order valence-electron chi connectivity index (χ2n) is 7.25. The molecule has 1 atom stereocenters. The third-order valence-electron chi connectivity index (χ3n) is 4.83. The molecule has 2 amide bonds. The zero-order valence-corrected chi connectivity index (χ0v) is 15.7. The van der Waals surface area contributed by atoms with Crippen LogP contribution in [0.4, 0.5) is 11.4 Å². The minimum atomic E-state index is -0.451. The quantitative estimate of drug-likeness (QED) is 0.607. The number of carbonyl (C=O) groups is 2. The van der Waals surface area contributed by atoms with E-state index in [-0.39, 0.29) is 11.8 Å². The van der Waals surface area contributed by atoms with Crippen LogP contribution in [0, 0.1) is 0 Å². The molecule has 0 spiro atoms. The maximum absolute atomic E-state index is 12.6. The van der Waals surface area contributed by atoms with Gasteiger partial charge in [-0.2, -0.15) is 0 Å². The Morgan fingerprint density at radius 1 is 0.893 bits per heavy atom. The number of hydrogen-bond donors (Lipinski definition) is 3. The molecule has 0 radical (unpaired) electrons. The van der Waals surface area contributed by atoms with Gasteiger partial charge in [0.25, 0.3) is 5.91 Å². The monoisotopic (exact) mass is 373 g/mol. The van der Waals surface area contributed by atoms with Gasteiger partial charge in [-0.05, 0) is 60.9 Å². The Bertz CT molecular complexity index is 1030. The molecule has 3 aromatic carbocycles. The molecule has 1 aliphatic rings. The zero-order valence-electron chi connectivity index (χ0n) is 15.7. The first kappa shape index (κ1) is 18.0. The van der Waals surface area contributed by atoms with Crippen LogP contribution < -0.4 is 16.0 Å². The Labute approximate surface area is 164 Å². The van der Waals surface area contributed by atoms with Gasteiger partial charge in [0, 0.05) is 23.0 Å². The summed E-state index contributed by atoms with van der Waals surface area (Å²) in [7, 11) is 0. The first-order valence-electron chi connectivity index (χ1n) is 9.55. The van der Waals surface area contributed by atoms with E-state index in [0.29, 0.717) is 11.6 Å². The smallest absolute Gasteiger partial charge is 0.251 e. The molecule has 142 valence electrons. The van der Waals surface area contributed by atoms with Crippen LogP contribution >= 0.6 is 0 Å². The van der Waals surface area contributed by atoms with Crippen LogP contribution in [0.25, 0.3) is 10.8 Å². The predicted molar refractivity (Wildman–Crippen MR) is 113 cm³/mol. The fourth-order valence-electron chi connectivity index (χ4n) is 3.08. The molecule has 0 heterocycles. The minimum Gasteiger partial charge on any atom is -0.374 e. The summed E-state index contributed by atoms with van der Waals surface area (Å²) < 4.78 is 0. The largest absolute Gasteiger partial charge is 0.374 e. The molecule has 0 aliphatic heterocycles. The lowest BCUT2D eigenvalue weighted by Gasteiger charge is -2.16. The second-order valence-corrected chi connectivity index (χ2v) is 7.25. The van der Waals surface area contributed by atoms with Crippen molar-refractivity contribution in [3.05, 3.63) is 72.3 Å². The van der Waals surface area contributed by atoms with Gasteiger partial charge in [-0.1, -0.05) is 36.4 Å². The molecule has 5 heteroatoms. The van der Waals surface area contributed by atoms with Crippen molar-refractivity contribution in [1.29, 1.82) is 0 Å². The molecular weight excluding hydrogens is 350 g/mol. The average Bonchev–Trinajstić information content (AvgIpc) is 3.52. The number of carbonyl (C=O) groups excluding carboxylic acids is 2. The molecule has 1 saturated carbocycles. The molecule has 4 rings (SSSR count). The van der Waals surface area contributed by atoms with Crippen molar-refractivity contribution in [2.24, 2.45) is 0 Å². The number of fused-ring (bicyclic) bond motifs is 1. The molecule has 5 nitrogen and oxygen atoms in total. The SMILES string of the molecule is C[C@H](Nc1cccc(C(=O)NC2CC2)c1)C(=O)Nc1ccc2ccccc2c1. The average molecular weight is 373 g/mol. The van der Waals surface area contributed by atoms with Gasteiger partial charge in [0.2, 0.25) is 5.91 Å². The molecule has 0 bridgehead atoms. The maximum atomic E-state index is 12.6. The Balaban J connectivity index is 1.40. The molecule has 3 aromatic rings. The summed E-state index contributed by atoms with van der Waals surface area (Å²) >= 11 is 0. The molecule has 0 aromatic heterocycles. The van der Waals surface area contributed by atoms with Gasteiger partial charge in [-0.25, -0.2) is 0 Å². The van der Waals surface area contributed by atoms with Crippen molar-refractivity contribution in [2.75, 3.05) is 10.6 Å². The number of amides is 2. The molecule has 0 unspecified atom stereocenters. The molecule has 28 heavy (non-hydrogen) atoms. The van der Waals surface area contributed by atoms with Crippen molar-refractivity contribution in [3.63, 3.8) is 0 Å². The summed E-state index contributed by atoms with van der Waals surface area (Å²) in [6.07, 6.45) is 2.10. The van der Waals surface area contributed by atoms with Crippen LogP contribution in [0.2, 0.25) is 0 Å². The summed E-state index contributed by atoms with van der Waals surface area (Å²) in [5, 5.41) is 11.3. The van der Waals surface area contributed by atoms with E-state index in [1.807, 2.05) is 54.6 Å². The van der Waals surface area contributed by atoms with Crippen LogP contribution in [0.15, 0.2) is 66.7 Å². The van der Waals surface area contributed by atoms with Crippen LogP contribution in [0.5, 0.6) is 0 Å². The Morgan fingerprint density at radius 3 is 2.46 bits per heavy atom. The highest BCUT2D eigenvalue weighted by Gasteiger charge is 2.24. The third-order valence-corrected chi connectivity index (χ3v) is 4.83. The second kappa shape index (κ2) is 7.72. The van der Waals surface area contributed by atoms with E-state index in [2.05, 4.69) is 16.0 Å². The highest BCUT2D eigenvalue weighted by Crippen LogP contribution is 2.21. The number of rotatable bonds is 6. The summed E-state index contributed by atoms with van der Waals surface area (Å²) in [4.78, 5) is 24.8. The Kier molecular flexibility index (Phi) is 4.98. The highest BCUT2D eigenvalue weighted by atomic mass is 16.2. The lowest BCUT2D eigenvalue weighted by molar-refractivity contribution is -0.116. The predicted octanol–water partition coefficient (Wildman–Crippen LogP) is 4.17. The van der Waals surface area contributed by atoms with Gasteiger partial charge < -0.3 is 16.0 Å². The molecular formula is C23H23N3O2. The first-order valence-corrected chi connectivity index (χ1v) is 9.55. The maximum Gasteiger partial charge on any atom is 0.251 e. The van der Waals surface area contributed by atoms with Crippen LogP contribution in [-0.4, -0.2) is 23.9 Å². The van der Waals surface area contributed by atoms with E-state index < -0.39 is 6.04 Å². The zero-order chi connectivity index (χ0) is 19.5. The van der Waals surface area contributed by atoms with E-state index in [1.165, 1.54) is 0 Å². The lowest BCUT2D eigenvalue weighted by atomic mass is 10.1. The lowest BCUT2D eigenvalue weighted by Crippen LogP contribution is -2.32. The van der Waals surface area contributed by atoms with Crippen molar-refractivity contribution in [3.8, 4) is 0 Å². The minimum absolute atomic E-state index is 0.0700. The van der Waals surface area contributed by atoms with E-state index in [0.717, 1.165) is 35.0 Å². The molecule has 1 aliphatic carbocycles. The van der Waals surface area contributed by atoms with Crippen LogP contribution in [0.1, 0.15) is 30.1 Å². The number of hydrogen-bond acceptors (Lipinski definition) is 3. The fourth-order valence-corrected chi connectivity index (χ4v) is 3.08. The topological polar surface area (TPSA) is 70.2 Å². The third kappa shape index (κ3) is 4.31. The summed E-state index contributed by atoms with van der Waals surface area (Å²) in [6, 6.07) is 21.0. The van der Waals surface area contributed by atoms with Gasteiger partial charge in [-0.15, -0.1) is 0 Å². The molecule has 1 fully saturated rings. The Morgan fingerprint density at radius 2 is 1.68 bits per heavy atom. The van der Waals surface area contributed by atoms with E-state index in [4.69, 9.17) is 0 Å². The fraction of sp³-hybridized carbons (Fsp3) is 0.217. The number of benzene rings is 3. The number of nitrogens with one attached hydrogen (secondary N) is 3. The molecule has 0 saturated heterocycles. The van der Waals surface area contributed by atoms with Gasteiger partial charge >= 0.3 is 0 Å². The van der Waals surface area contributed by atoms with Crippen molar-refractivity contribution >= 4 is 34.0 Å². The highest BCUT2D eigenvalue weighted by molar-refractivity contribution is 5.99.